The molecule has 1 aliphatic rings. The molecule has 0 radical (unpaired) electrons. The van der Waals surface area contributed by atoms with Gasteiger partial charge >= 0.3 is 0 Å². The first-order valence-corrected chi connectivity index (χ1v) is 9.13. The van der Waals surface area contributed by atoms with Crippen molar-refractivity contribution in [2.75, 3.05) is 39.8 Å². The monoisotopic (exact) mass is 375 g/mol. The quantitative estimate of drug-likeness (QED) is 0.871. The maximum absolute atomic E-state index is 13.8. The van der Waals surface area contributed by atoms with Crippen LogP contribution >= 0.6 is 11.6 Å². The standard InChI is InChI=1S/C20H23ClFN3O/c1-24-10-12-25(13-11-24)19(15-6-8-16(21)9-7-15)14-23-20(26)17-4-2-3-5-18(17)22/h2-9,19H,10-14H2,1H3,(H,23,26)/t19-/m0/s1. The lowest BCUT2D eigenvalue weighted by Gasteiger charge is -2.38. The highest BCUT2D eigenvalue weighted by Gasteiger charge is 2.25. The Bertz CT molecular complexity index is 745. The number of amides is 1. The van der Waals surface area contributed by atoms with Crippen LogP contribution in [0.15, 0.2) is 48.5 Å². The van der Waals surface area contributed by atoms with E-state index in [1.165, 1.54) is 12.1 Å². The first kappa shape index (κ1) is 18.8. The number of likely N-dealkylation sites (N-methyl/N-ethyl adjacent to an activating group) is 1. The van der Waals surface area contributed by atoms with E-state index in [0.29, 0.717) is 11.6 Å². The van der Waals surface area contributed by atoms with E-state index in [4.69, 9.17) is 11.6 Å². The van der Waals surface area contributed by atoms with Crippen LogP contribution < -0.4 is 5.32 Å². The Kier molecular flexibility index (Phi) is 6.25. The van der Waals surface area contributed by atoms with Crippen LogP contribution in [-0.4, -0.2) is 55.5 Å². The third-order valence-electron chi connectivity index (χ3n) is 4.81. The molecule has 4 nitrogen and oxygen atoms in total. The first-order valence-electron chi connectivity index (χ1n) is 8.75. The zero-order valence-electron chi connectivity index (χ0n) is 14.8. The normalized spacial score (nSPS) is 17.0. The minimum Gasteiger partial charge on any atom is -0.350 e. The van der Waals surface area contributed by atoms with Crippen LogP contribution in [0, 0.1) is 5.82 Å². The molecule has 1 saturated heterocycles. The van der Waals surface area contributed by atoms with Crippen molar-refractivity contribution in [1.82, 2.24) is 15.1 Å². The Hall–Kier alpha value is -1.95. The highest BCUT2D eigenvalue weighted by molar-refractivity contribution is 6.30. The van der Waals surface area contributed by atoms with Gasteiger partial charge in [-0.15, -0.1) is 0 Å². The van der Waals surface area contributed by atoms with Gasteiger partial charge in [0.1, 0.15) is 5.82 Å². The van der Waals surface area contributed by atoms with Crippen LogP contribution in [-0.2, 0) is 0 Å². The molecule has 0 bridgehead atoms. The van der Waals surface area contributed by atoms with Gasteiger partial charge in [0, 0.05) is 37.7 Å². The molecule has 26 heavy (non-hydrogen) atoms. The van der Waals surface area contributed by atoms with E-state index in [-0.39, 0.29) is 11.6 Å². The number of benzene rings is 2. The molecule has 1 heterocycles. The van der Waals surface area contributed by atoms with Gasteiger partial charge in [-0.3, -0.25) is 9.69 Å². The molecule has 1 fully saturated rings. The van der Waals surface area contributed by atoms with Gasteiger partial charge in [0.05, 0.1) is 11.6 Å². The van der Waals surface area contributed by atoms with E-state index in [2.05, 4.69) is 22.2 Å². The molecule has 0 unspecified atom stereocenters. The van der Waals surface area contributed by atoms with Crippen molar-refractivity contribution in [2.45, 2.75) is 6.04 Å². The van der Waals surface area contributed by atoms with Gasteiger partial charge in [0.2, 0.25) is 0 Å². The summed E-state index contributed by atoms with van der Waals surface area (Å²) < 4.78 is 13.8. The largest absolute Gasteiger partial charge is 0.350 e. The van der Waals surface area contributed by atoms with Gasteiger partial charge in [-0.2, -0.15) is 0 Å². The van der Waals surface area contributed by atoms with E-state index in [0.717, 1.165) is 31.7 Å². The van der Waals surface area contributed by atoms with E-state index in [1.807, 2.05) is 24.3 Å². The molecular weight excluding hydrogens is 353 g/mol. The molecule has 1 aliphatic heterocycles. The number of nitrogens with one attached hydrogen (secondary N) is 1. The van der Waals surface area contributed by atoms with Crippen LogP contribution in [0.1, 0.15) is 22.0 Å². The van der Waals surface area contributed by atoms with Gasteiger partial charge in [0.15, 0.2) is 0 Å². The second kappa shape index (κ2) is 8.62. The van der Waals surface area contributed by atoms with Crippen LogP contribution in [0.25, 0.3) is 0 Å². The third kappa shape index (κ3) is 4.61. The van der Waals surface area contributed by atoms with Crippen LogP contribution in [0.2, 0.25) is 5.02 Å². The molecule has 0 spiro atoms. The Morgan fingerprint density at radius 1 is 1.12 bits per heavy atom. The smallest absolute Gasteiger partial charge is 0.254 e. The van der Waals surface area contributed by atoms with Crippen molar-refractivity contribution in [1.29, 1.82) is 0 Å². The third-order valence-corrected chi connectivity index (χ3v) is 5.06. The lowest BCUT2D eigenvalue weighted by atomic mass is 10.0. The lowest BCUT2D eigenvalue weighted by Crippen LogP contribution is -2.48. The lowest BCUT2D eigenvalue weighted by molar-refractivity contribution is 0.0883. The molecule has 0 aliphatic carbocycles. The van der Waals surface area contributed by atoms with Gasteiger partial charge in [-0.25, -0.2) is 4.39 Å². The summed E-state index contributed by atoms with van der Waals surface area (Å²) in [7, 11) is 2.11. The molecule has 0 aromatic heterocycles. The van der Waals surface area contributed by atoms with Crippen LogP contribution in [0.3, 0.4) is 0 Å². The predicted molar refractivity (Wildman–Crippen MR) is 102 cm³/mol. The zero-order chi connectivity index (χ0) is 18.5. The van der Waals surface area contributed by atoms with Crippen molar-refractivity contribution in [3.8, 4) is 0 Å². The molecule has 1 atom stereocenters. The minimum absolute atomic E-state index is 0.0247. The van der Waals surface area contributed by atoms with Crippen molar-refractivity contribution < 1.29 is 9.18 Å². The Morgan fingerprint density at radius 3 is 2.42 bits per heavy atom. The average Bonchev–Trinajstić information content (AvgIpc) is 2.65. The minimum atomic E-state index is -0.507. The fraction of sp³-hybridized carbons (Fsp3) is 0.350. The number of hydrogen-bond acceptors (Lipinski definition) is 3. The van der Waals surface area contributed by atoms with Crippen molar-refractivity contribution in [2.24, 2.45) is 0 Å². The van der Waals surface area contributed by atoms with Gasteiger partial charge in [-0.05, 0) is 36.9 Å². The maximum atomic E-state index is 13.8. The molecular formula is C20H23ClFN3O. The highest BCUT2D eigenvalue weighted by atomic mass is 35.5. The molecule has 6 heteroatoms. The molecule has 0 saturated carbocycles. The summed E-state index contributed by atoms with van der Waals surface area (Å²) in [5, 5.41) is 3.58. The average molecular weight is 376 g/mol. The maximum Gasteiger partial charge on any atom is 0.254 e. The molecule has 2 aromatic carbocycles. The summed E-state index contributed by atoms with van der Waals surface area (Å²) >= 11 is 6.01. The molecule has 1 N–H and O–H groups in total. The molecule has 138 valence electrons. The number of nitrogens with zero attached hydrogens (tertiary/aromatic N) is 2. The van der Waals surface area contributed by atoms with Gasteiger partial charge in [0.25, 0.3) is 5.91 Å². The van der Waals surface area contributed by atoms with Crippen LogP contribution in [0.4, 0.5) is 4.39 Å². The van der Waals surface area contributed by atoms with Gasteiger partial charge in [-0.1, -0.05) is 35.9 Å². The second-order valence-electron chi connectivity index (χ2n) is 6.60. The molecule has 2 aromatic rings. The second-order valence-corrected chi connectivity index (χ2v) is 7.03. The Balaban J connectivity index is 1.74. The number of rotatable bonds is 5. The van der Waals surface area contributed by atoms with E-state index in [9.17, 15) is 9.18 Å². The van der Waals surface area contributed by atoms with Gasteiger partial charge < -0.3 is 10.2 Å². The SMILES string of the molecule is CN1CCN([C@@H](CNC(=O)c2ccccc2F)c2ccc(Cl)cc2)CC1. The summed E-state index contributed by atoms with van der Waals surface area (Å²) in [5.41, 5.74) is 1.16. The summed E-state index contributed by atoms with van der Waals surface area (Å²) in [6, 6.07) is 13.8. The summed E-state index contributed by atoms with van der Waals surface area (Å²) in [6.07, 6.45) is 0. The number of halogens is 2. The number of piperazine rings is 1. The Labute approximate surface area is 158 Å². The predicted octanol–water partition coefficient (Wildman–Crippen LogP) is 3.20. The summed E-state index contributed by atoms with van der Waals surface area (Å²) in [5.74, 6) is -0.899. The van der Waals surface area contributed by atoms with Crippen molar-refractivity contribution in [3.63, 3.8) is 0 Å². The highest BCUT2D eigenvalue weighted by Crippen LogP contribution is 2.23. The fourth-order valence-corrected chi connectivity index (χ4v) is 3.33. The fourth-order valence-electron chi connectivity index (χ4n) is 3.21. The molecule has 3 rings (SSSR count). The number of hydrogen-bond donors (Lipinski definition) is 1. The van der Waals surface area contributed by atoms with E-state index in [1.54, 1.807) is 12.1 Å². The van der Waals surface area contributed by atoms with E-state index >= 15 is 0 Å². The summed E-state index contributed by atoms with van der Waals surface area (Å²) in [4.78, 5) is 17.0. The Morgan fingerprint density at radius 2 is 1.77 bits per heavy atom. The summed E-state index contributed by atoms with van der Waals surface area (Å²) in [6.45, 7) is 4.20. The molecule has 1 amide bonds. The van der Waals surface area contributed by atoms with Crippen molar-refractivity contribution in [3.05, 3.63) is 70.5 Å². The van der Waals surface area contributed by atoms with Crippen LogP contribution in [0.5, 0.6) is 0 Å². The topological polar surface area (TPSA) is 35.6 Å². The van der Waals surface area contributed by atoms with E-state index < -0.39 is 11.7 Å². The number of carbonyl (C=O) groups is 1. The zero-order valence-corrected chi connectivity index (χ0v) is 15.5. The first-order chi connectivity index (χ1) is 12.5. The van der Waals surface area contributed by atoms with Crippen molar-refractivity contribution >= 4 is 17.5 Å². The number of carbonyl (C=O) groups excluding carboxylic acids is 1.